The minimum Gasteiger partial charge on any atom is -0.305 e. The van der Waals surface area contributed by atoms with Crippen LogP contribution in [0.4, 0.5) is 0 Å². The van der Waals surface area contributed by atoms with E-state index in [2.05, 4.69) is 87.7 Å². The zero-order valence-corrected chi connectivity index (χ0v) is 16.6. The second kappa shape index (κ2) is 6.16. The van der Waals surface area contributed by atoms with Crippen molar-refractivity contribution in [1.29, 1.82) is 0 Å². The topological polar surface area (TPSA) is 3.24 Å². The highest BCUT2D eigenvalue weighted by molar-refractivity contribution is 8.28. The Balaban J connectivity index is 3.30. The maximum absolute atomic E-state index is 2.45. The quantitative estimate of drug-likeness (QED) is 0.749. The van der Waals surface area contributed by atoms with Crippen LogP contribution in [0, 0.1) is 0 Å². The van der Waals surface area contributed by atoms with Gasteiger partial charge in [0, 0.05) is 11.4 Å². The molecular formula is C15H29NSSi2. The maximum atomic E-state index is 2.45. The SMILES string of the molecule is CN(C)Cc1c(S[Si](C)(C)C)cccc1[Si](C)(C)C. The number of benzene rings is 1. The standard InChI is InChI=1S/C15H29NSSi2/c1-16(2)12-13-14(17-19(6,7)8)10-9-11-15(13)18(3,4)5/h9-11H,12H2,1-8H3. The summed E-state index contributed by atoms with van der Waals surface area (Å²) in [6, 6.07) is 6.94. The highest BCUT2D eigenvalue weighted by Gasteiger charge is 2.24. The molecule has 108 valence electrons. The molecular weight excluding hydrogens is 282 g/mol. The lowest BCUT2D eigenvalue weighted by molar-refractivity contribution is 0.400. The van der Waals surface area contributed by atoms with Crippen molar-refractivity contribution >= 4 is 31.7 Å². The molecule has 1 aromatic carbocycles. The number of nitrogens with zero attached hydrogens (tertiary/aromatic N) is 1. The molecule has 1 aromatic rings. The Morgan fingerprint density at radius 1 is 1.00 bits per heavy atom. The van der Waals surface area contributed by atoms with Gasteiger partial charge in [-0.3, -0.25) is 0 Å². The Morgan fingerprint density at radius 2 is 1.58 bits per heavy atom. The molecule has 0 saturated heterocycles. The molecule has 1 rings (SSSR count). The lowest BCUT2D eigenvalue weighted by Gasteiger charge is -2.27. The molecule has 0 radical (unpaired) electrons. The molecule has 0 heterocycles. The highest BCUT2D eigenvalue weighted by atomic mass is 32.4. The normalized spacial score (nSPS) is 13.1. The molecule has 0 atom stereocenters. The predicted octanol–water partition coefficient (Wildman–Crippen LogP) is 4.22. The van der Waals surface area contributed by atoms with Crippen molar-refractivity contribution in [2.75, 3.05) is 14.1 Å². The van der Waals surface area contributed by atoms with Crippen LogP contribution >= 0.6 is 11.2 Å². The zero-order chi connectivity index (χ0) is 14.8. The van der Waals surface area contributed by atoms with Crippen LogP contribution in [-0.2, 0) is 6.54 Å². The number of hydrogen-bond donors (Lipinski definition) is 0. The van der Waals surface area contributed by atoms with Gasteiger partial charge in [-0.15, -0.1) is 0 Å². The van der Waals surface area contributed by atoms with Crippen molar-refractivity contribution in [1.82, 2.24) is 4.90 Å². The summed E-state index contributed by atoms with van der Waals surface area (Å²) < 4.78 is 0. The zero-order valence-electron chi connectivity index (χ0n) is 13.8. The van der Waals surface area contributed by atoms with Crippen molar-refractivity contribution < 1.29 is 0 Å². The third kappa shape index (κ3) is 5.46. The van der Waals surface area contributed by atoms with Gasteiger partial charge >= 0.3 is 0 Å². The second-order valence-corrected chi connectivity index (χ2v) is 21.7. The first-order valence-corrected chi connectivity index (χ1v) is 15.5. The van der Waals surface area contributed by atoms with E-state index in [1.807, 2.05) is 0 Å². The molecule has 1 nitrogen and oxygen atoms in total. The van der Waals surface area contributed by atoms with Crippen LogP contribution in [0.2, 0.25) is 39.3 Å². The van der Waals surface area contributed by atoms with Gasteiger partial charge in [-0.1, -0.05) is 56.6 Å². The Hall–Kier alpha value is -0.0362. The predicted molar refractivity (Wildman–Crippen MR) is 96.0 cm³/mol. The average molecular weight is 312 g/mol. The van der Waals surface area contributed by atoms with Crippen molar-refractivity contribution in [2.45, 2.75) is 50.7 Å². The monoisotopic (exact) mass is 311 g/mol. The number of hydrogen-bond acceptors (Lipinski definition) is 2. The van der Waals surface area contributed by atoms with Crippen LogP contribution in [0.15, 0.2) is 23.1 Å². The van der Waals surface area contributed by atoms with Gasteiger partial charge in [0.1, 0.15) is 7.22 Å². The van der Waals surface area contributed by atoms with Gasteiger partial charge in [0.05, 0.1) is 8.07 Å². The summed E-state index contributed by atoms with van der Waals surface area (Å²) in [5.74, 6) is 0. The summed E-state index contributed by atoms with van der Waals surface area (Å²) in [5.41, 5.74) is 1.58. The molecule has 0 N–H and O–H groups in total. The van der Waals surface area contributed by atoms with Gasteiger partial charge in [0.2, 0.25) is 0 Å². The van der Waals surface area contributed by atoms with E-state index in [-0.39, 0.29) is 0 Å². The van der Waals surface area contributed by atoms with Gasteiger partial charge in [-0.2, -0.15) is 11.2 Å². The third-order valence-corrected chi connectivity index (χ3v) is 8.63. The van der Waals surface area contributed by atoms with Crippen LogP contribution in [-0.4, -0.2) is 34.3 Å². The van der Waals surface area contributed by atoms with E-state index in [4.69, 9.17) is 0 Å². The molecule has 0 spiro atoms. The molecule has 0 aliphatic carbocycles. The minimum atomic E-state index is -1.28. The molecule has 4 heteroatoms. The first kappa shape index (κ1) is 17.0. The smallest absolute Gasteiger partial charge is 0.114 e. The highest BCUT2D eigenvalue weighted by Crippen LogP contribution is 2.32. The molecule has 19 heavy (non-hydrogen) atoms. The summed E-state index contributed by atoms with van der Waals surface area (Å²) >= 11 is 2.13. The lowest BCUT2D eigenvalue weighted by Crippen LogP contribution is -2.41. The van der Waals surface area contributed by atoms with E-state index in [0.717, 1.165) is 6.54 Å². The molecule has 0 aliphatic heterocycles. The minimum absolute atomic E-state index is 1.06. The Bertz CT molecular complexity index is 431. The van der Waals surface area contributed by atoms with Gasteiger partial charge in [0.25, 0.3) is 0 Å². The summed E-state index contributed by atoms with van der Waals surface area (Å²) in [6.07, 6.45) is 0. The van der Waals surface area contributed by atoms with Crippen LogP contribution in [0.1, 0.15) is 5.56 Å². The van der Waals surface area contributed by atoms with Crippen LogP contribution in [0.25, 0.3) is 0 Å². The first-order valence-electron chi connectivity index (χ1n) is 6.97. The van der Waals surface area contributed by atoms with Crippen molar-refractivity contribution in [3.63, 3.8) is 0 Å². The summed E-state index contributed by atoms with van der Waals surface area (Å²) in [4.78, 5) is 3.82. The van der Waals surface area contributed by atoms with E-state index < -0.39 is 15.3 Å². The van der Waals surface area contributed by atoms with Crippen molar-refractivity contribution in [3.8, 4) is 0 Å². The fourth-order valence-electron chi connectivity index (χ4n) is 2.17. The van der Waals surface area contributed by atoms with Crippen LogP contribution in [0.3, 0.4) is 0 Å². The fraction of sp³-hybridized carbons (Fsp3) is 0.600. The van der Waals surface area contributed by atoms with Crippen LogP contribution in [0.5, 0.6) is 0 Å². The largest absolute Gasteiger partial charge is 0.305 e. The van der Waals surface area contributed by atoms with Crippen molar-refractivity contribution in [3.05, 3.63) is 23.8 Å². The van der Waals surface area contributed by atoms with E-state index in [1.54, 1.807) is 10.8 Å². The molecule has 0 amide bonds. The fourth-order valence-corrected chi connectivity index (χ4v) is 7.64. The molecule has 0 fully saturated rings. The van der Waals surface area contributed by atoms with Crippen LogP contribution < -0.4 is 5.19 Å². The average Bonchev–Trinajstić information content (AvgIpc) is 2.15. The first-order chi connectivity index (χ1) is 8.50. The van der Waals surface area contributed by atoms with Gasteiger partial charge in [-0.25, -0.2) is 0 Å². The third-order valence-electron chi connectivity index (χ3n) is 2.83. The summed E-state index contributed by atoms with van der Waals surface area (Å²) in [6.45, 7) is 15.7. The van der Waals surface area contributed by atoms with Gasteiger partial charge in [0.15, 0.2) is 0 Å². The maximum Gasteiger partial charge on any atom is 0.114 e. The van der Waals surface area contributed by atoms with E-state index in [0.29, 0.717) is 0 Å². The van der Waals surface area contributed by atoms with Gasteiger partial charge in [-0.05, 0) is 25.7 Å². The van der Waals surface area contributed by atoms with Gasteiger partial charge < -0.3 is 4.90 Å². The molecule has 0 aliphatic rings. The molecule has 0 aromatic heterocycles. The Morgan fingerprint density at radius 3 is 2.00 bits per heavy atom. The van der Waals surface area contributed by atoms with Crippen molar-refractivity contribution in [2.24, 2.45) is 0 Å². The molecule has 0 saturated carbocycles. The summed E-state index contributed by atoms with van der Waals surface area (Å²) in [5, 5.41) is 1.63. The van der Waals surface area contributed by atoms with E-state index in [9.17, 15) is 0 Å². The summed E-state index contributed by atoms with van der Waals surface area (Å²) in [7, 11) is 1.92. The Labute approximate surface area is 125 Å². The molecule has 0 unspecified atom stereocenters. The van der Waals surface area contributed by atoms with E-state index in [1.165, 1.54) is 4.90 Å². The lowest BCUT2D eigenvalue weighted by atomic mass is 10.2. The second-order valence-electron chi connectivity index (χ2n) is 7.48. The van der Waals surface area contributed by atoms with E-state index >= 15 is 0 Å². The number of rotatable bonds is 5. The Kier molecular flexibility index (Phi) is 5.52. The molecule has 0 bridgehead atoms.